The van der Waals surface area contributed by atoms with Crippen molar-refractivity contribution in [1.29, 1.82) is 0 Å². The molecule has 130 valence electrons. The van der Waals surface area contributed by atoms with E-state index >= 15 is 0 Å². The summed E-state index contributed by atoms with van der Waals surface area (Å²) >= 11 is 1.24. The summed E-state index contributed by atoms with van der Waals surface area (Å²) in [4.78, 5) is 27.1. The van der Waals surface area contributed by atoms with Crippen molar-refractivity contribution in [2.75, 3.05) is 25.5 Å². The van der Waals surface area contributed by atoms with Gasteiger partial charge in [0.2, 0.25) is 0 Å². The van der Waals surface area contributed by atoms with Gasteiger partial charge in [-0.3, -0.25) is 14.5 Å². The standard InChI is InChI=1S/C18H23NO4S/c1-3-5-10-19-17(21)15(16(18(19)22)24-12-11-20)13-6-8-14(9-7-13)23-4-2/h6-9,20H,3-5,10-12H2,1-2H3. The van der Waals surface area contributed by atoms with Gasteiger partial charge in [0, 0.05) is 12.3 Å². The van der Waals surface area contributed by atoms with E-state index < -0.39 is 0 Å². The van der Waals surface area contributed by atoms with Crippen LogP contribution < -0.4 is 4.74 Å². The molecule has 2 rings (SSSR count). The molecule has 0 fully saturated rings. The lowest BCUT2D eigenvalue weighted by atomic mass is 10.1. The zero-order valence-corrected chi connectivity index (χ0v) is 14.9. The molecule has 0 aliphatic carbocycles. The summed E-state index contributed by atoms with van der Waals surface area (Å²) in [6.45, 7) is 4.89. The number of aliphatic hydroxyl groups is 1. The molecular formula is C18H23NO4S. The highest BCUT2D eigenvalue weighted by atomic mass is 32.2. The SMILES string of the molecule is CCCCN1C(=O)C(SCCO)=C(c2ccc(OCC)cc2)C1=O. The number of aliphatic hydroxyl groups excluding tert-OH is 1. The van der Waals surface area contributed by atoms with E-state index in [1.807, 2.05) is 13.8 Å². The van der Waals surface area contributed by atoms with Crippen molar-refractivity contribution in [3.8, 4) is 5.75 Å². The van der Waals surface area contributed by atoms with Gasteiger partial charge in [-0.1, -0.05) is 25.5 Å². The average Bonchev–Trinajstić information content (AvgIpc) is 2.82. The van der Waals surface area contributed by atoms with Crippen molar-refractivity contribution in [2.45, 2.75) is 26.7 Å². The van der Waals surface area contributed by atoms with Gasteiger partial charge in [-0.25, -0.2) is 0 Å². The Kier molecular flexibility index (Phi) is 6.87. The molecule has 24 heavy (non-hydrogen) atoms. The molecule has 0 saturated heterocycles. The second-order valence-corrected chi connectivity index (χ2v) is 6.45. The van der Waals surface area contributed by atoms with Gasteiger partial charge in [0.05, 0.1) is 23.7 Å². The maximum atomic E-state index is 12.7. The molecule has 0 aromatic heterocycles. The van der Waals surface area contributed by atoms with Crippen LogP contribution in [0.4, 0.5) is 0 Å². The monoisotopic (exact) mass is 349 g/mol. The third kappa shape index (κ3) is 3.99. The topological polar surface area (TPSA) is 66.8 Å². The van der Waals surface area contributed by atoms with E-state index in [0.29, 0.717) is 34.9 Å². The number of hydrogen-bond acceptors (Lipinski definition) is 5. The molecule has 1 aromatic carbocycles. The van der Waals surface area contributed by atoms with Crippen molar-refractivity contribution in [1.82, 2.24) is 4.90 Å². The zero-order chi connectivity index (χ0) is 17.5. The minimum atomic E-state index is -0.254. The van der Waals surface area contributed by atoms with E-state index in [1.165, 1.54) is 16.7 Å². The molecular weight excluding hydrogens is 326 g/mol. The first-order valence-electron chi connectivity index (χ1n) is 8.21. The second kappa shape index (κ2) is 8.89. The Labute approximate surface area is 146 Å². The van der Waals surface area contributed by atoms with Crippen LogP contribution in [0.1, 0.15) is 32.3 Å². The van der Waals surface area contributed by atoms with Crippen molar-refractivity contribution >= 4 is 29.1 Å². The molecule has 0 unspecified atom stereocenters. The number of amides is 2. The Morgan fingerprint density at radius 2 is 1.83 bits per heavy atom. The first-order valence-corrected chi connectivity index (χ1v) is 9.19. The molecule has 0 radical (unpaired) electrons. The highest BCUT2D eigenvalue weighted by molar-refractivity contribution is 8.04. The fourth-order valence-corrected chi connectivity index (χ4v) is 3.37. The Morgan fingerprint density at radius 3 is 2.42 bits per heavy atom. The van der Waals surface area contributed by atoms with Crippen molar-refractivity contribution in [3.05, 3.63) is 34.7 Å². The van der Waals surface area contributed by atoms with Gasteiger partial charge in [-0.15, -0.1) is 11.8 Å². The summed E-state index contributed by atoms with van der Waals surface area (Å²) in [6, 6.07) is 7.20. The number of carbonyl (C=O) groups is 2. The third-order valence-corrected chi connectivity index (χ3v) is 4.71. The number of ether oxygens (including phenoxy) is 1. The van der Waals surface area contributed by atoms with E-state index in [1.54, 1.807) is 24.3 Å². The van der Waals surface area contributed by atoms with Crippen LogP contribution in [0, 0.1) is 0 Å². The van der Waals surface area contributed by atoms with E-state index in [2.05, 4.69) is 0 Å². The van der Waals surface area contributed by atoms with E-state index in [9.17, 15) is 9.59 Å². The summed E-state index contributed by atoms with van der Waals surface area (Å²) in [5, 5.41) is 9.07. The zero-order valence-electron chi connectivity index (χ0n) is 14.1. The molecule has 0 spiro atoms. The number of thioether (sulfide) groups is 1. The Hall–Kier alpha value is -1.79. The normalized spacial score (nSPS) is 14.7. The highest BCUT2D eigenvalue weighted by Gasteiger charge is 2.38. The molecule has 2 amide bonds. The highest BCUT2D eigenvalue weighted by Crippen LogP contribution is 2.36. The largest absolute Gasteiger partial charge is 0.494 e. The quantitative estimate of drug-likeness (QED) is 0.694. The molecule has 1 heterocycles. The summed E-state index contributed by atoms with van der Waals surface area (Å²) in [6.07, 6.45) is 1.69. The average molecular weight is 349 g/mol. The summed E-state index contributed by atoms with van der Waals surface area (Å²) in [5.74, 6) is 0.608. The minimum Gasteiger partial charge on any atom is -0.494 e. The summed E-state index contributed by atoms with van der Waals surface area (Å²) in [5.41, 5.74) is 1.13. The number of unbranched alkanes of at least 4 members (excludes halogenated alkanes) is 1. The first kappa shape index (κ1) is 18.5. The Morgan fingerprint density at radius 1 is 1.12 bits per heavy atom. The molecule has 1 aliphatic rings. The molecule has 1 N–H and O–H groups in total. The van der Waals surface area contributed by atoms with Crippen LogP contribution in [0.5, 0.6) is 5.75 Å². The number of carbonyl (C=O) groups excluding carboxylic acids is 2. The lowest BCUT2D eigenvalue weighted by molar-refractivity contribution is -0.136. The maximum Gasteiger partial charge on any atom is 0.267 e. The predicted molar refractivity (Wildman–Crippen MR) is 95.7 cm³/mol. The van der Waals surface area contributed by atoms with E-state index in [-0.39, 0.29) is 18.4 Å². The van der Waals surface area contributed by atoms with Crippen LogP contribution in [0.15, 0.2) is 29.2 Å². The third-order valence-electron chi connectivity index (χ3n) is 3.65. The fraction of sp³-hybridized carbons (Fsp3) is 0.444. The Bertz CT molecular complexity index is 624. The van der Waals surface area contributed by atoms with Crippen molar-refractivity contribution in [2.24, 2.45) is 0 Å². The molecule has 6 heteroatoms. The number of imide groups is 1. The van der Waals surface area contributed by atoms with Crippen LogP contribution in [0.2, 0.25) is 0 Å². The number of benzene rings is 1. The first-order chi connectivity index (χ1) is 11.6. The van der Waals surface area contributed by atoms with Crippen LogP contribution in [0.3, 0.4) is 0 Å². The fourth-order valence-electron chi connectivity index (χ4n) is 2.49. The number of rotatable bonds is 9. The summed E-state index contributed by atoms with van der Waals surface area (Å²) in [7, 11) is 0. The number of hydrogen-bond donors (Lipinski definition) is 1. The van der Waals surface area contributed by atoms with Crippen LogP contribution in [-0.2, 0) is 9.59 Å². The molecule has 0 atom stereocenters. The number of nitrogens with zero attached hydrogens (tertiary/aromatic N) is 1. The molecule has 0 saturated carbocycles. The lowest BCUT2D eigenvalue weighted by Crippen LogP contribution is -2.32. The van der Waals surface area contributed by atoms with Crippen molar-refractivity contribution in [3.63, 3.8) is 0 Å². The summed E-state index contributed by atoms with van der Waals surface area (Å²) < 4.78 is 5.42. The lowest BCUT2D eigenvalue weighted by Gasteiger charge is -2.14. The predicted octanol–water partition coefficient (Wildman–Crippen LogP) is 2.69. The van der Waals surface area contributed by atoms with Gasteiger partial charge in [0.15, 0.2) is 0 Å². The van der Waals surface area contributed by atoms with E-state index in [0.717, 1.165) is 18.6 Å². The van der Waals surface area contributed by atoms with Crippen LogP contribution >= 0.6 is 11.8 Å². The van der Waals surface area contributed by atoms with Gasteiger partial charge < -0.3 is 9.84 Å². The van der Waals surface area contributed by atoms with Crippen molar-refractivity contribution < 1.29 is 19.4 Å². The molecule has 1 aliphatic heterocycles. The molecule has 0 bridgehead atoms. The van der Waals surface area contributed by atoms with Gasteiger partial charge in [0.25, 0.3) is 11.8 Å². The van der Waals surface area contributed by atoms with Gasteiger partial charge in [-0.05, 0) is 31.0 Å². The molecule has 1 aromatic rings. The van der Waals surface area contributed by atoms with Crippen LogP contribution in [-0.4, -0.2) is 47.3 Å². The smallest absolute Gasteiger partial charge is 0.267 e. The Balaban J connectivity index is 2.34. The minimum absolute atomic E-state index is 0.0405. The van der Waals surface area contributed by atoms with E-state index in [4.69, 9.17) is 9.84 Å². The van der Waals surface area contributed by atoms with Gasteiger partial charge >= 0.3 is 0 Å². The van der Waals surface area contributed by atoms with Gasteiger partial charge in [-0.2, -0.15) is 0 Å². The van der Waals surface area contributed by atoms with Gasteiger partial charge in [0.1, 0.15) is 5.75 Å². The molecule has 5 nitrogen and oxygen atoms in total. The second-order valence-electron chi connectivity index (χ2n) is 5.35. The van der Waals surface area contributed by atoms with Crippen LogP contribution in [0.25, 0.3) is 5.57 Å². The maximum absolute atomic E-state index is 12.7.